The summed E-state index contributed by atoms with van der Waals surface area (Å²) >= 11 is 7.04. The molecule has 1 atom stereocenters. The molecule has 0 fully saturated rings. The first-order valence-electron chi connectivity index (χ1n) is 5.93. The molecule has 0 bridgehead atoms. The molecule has 19 heavy (non-hydrogen) atoms. The molecule has 2 rings (SSSR count). The number of benzene rings is 2. The molecule has 100 valence electrons. The Balaban J connectivity index is 2.25. The fraction of sp³-hybridized carbons (Fsp3) is 0.200. The fourth-order valence-corrected chi connectivity index (χ4v) is 3.09. The van der Waals surface area contributed by atoms with Gasteiger partial charge in [0.2, 0.25) is 0 Å². The van der Waals surface area contributed by atoms with Crippen LogP contribution < -0.4 is 5.73 Å². The minimum absolute atomic E-state index is 0.173. The van der Waals surface area contributed by atoms with Crippen molar-refractivity contribution in [2.75, 3.05) is 0 Å². The normalized spacial score (nSPS) is 12.5. The Labute approximate surface area is 129 Å². The number of halogens is 3. The lowest BCUT2D eigenvalue weighted by atomic mass is 9.99. The zero-order chi connectivity index (χ0) is 14.0. The van der Waals surface area contributed by atoms with Crippen LogP contribution in [0.4, 0.5) is 4.39 Å². The van der Waals surface area contributed by atoms with Crippen molar-refractivity contribution in [2.45, 2.75) is 19.4 Å². The molecule has 2 N–H and O–H groups in total. The summed E-state index contributed by atoms with van der Waals surface area (Å²) < 4.78 is 15.2. The highest BCUT2D eigenvalue weighted by molar-refractivity contribution is 9.11. The van der Waals surface area contributed by atoms with Gasteiger partial charge < -0.3 is 5.73 Å². The lowest BCUT2D eigenvalue weighted by Crippen LogP contribution is -2.14. The SMILES string of the molecule is Cc1cc(Br)c(C(N)Cc2cccc(F)c2)cc1Br. The third kappa shape index (κ3) is 3.65. The summed E-state index contributed by atoms with van der Waals surface area (Å²) in [5.74, 6) is -0.228. The molecule has 0 amide bonds. The van der Waals surface area contributed by atoms with E-state index in [2.05, 4.69) is 31.9 Å². The van der Waals surface area contributed by atoms with Crippen LogP contribution in [0.15, 0.2) is 45.3 Å². The van der Waals surface area contributed by atoms with Gasteiger partial charge in [-0.2, -0.15) is 0 Å². The number of hydrogen-bond donors (Lipinski definition) is 1. The fourth-order valence-electron chi connectivity index (χ4n) is 1.97. The van der Waals surface area contributed by atoms with Crippen LogP contribution >= 0.6 is 31.9 Å². The van der Waals surface area contributed by atoms with Crippen LogP contribution in [0.3, 0.4) is 0 Å². The summed E-state index contributed by atoms with van der Waals surface area (Å²) in [6.45, 7) is 2.02. The Morgan fingerprint density at radius 1 is 1.16 bits per heavy atom. The quantitative estimate of drug-likeness (QED) is 0.797. The van der Waals surface area contributed by atoms with Crippen molar-refractivity contribution in [1.82, 2.24) is 0 Å². The van der Waals surface area contributed by atoms with Crippen LogP contribution in [0, 0.1) is 12.7 Å². The maximum atomic E-state index is 13.2. The molecule has 0 heterocycles. The smallest absolute Gasteiger partial charge is 0.123 e. The minimum Gasteiger partial charge on any atom is -0.324 e. The molecule has 0 saturated carbocycles. The van der Waals surface area contributed by atoms with Crippen molar-refractivity contribution < 1.29 is 4.39 Å². The number of rotatable bonds is 3. The molecule has 0 aliphatic heterocycles. The predicted octanol–water partition coefficient (Wildman–Crippen LogP) is 4.90. The zero-order valence-electron chi connectivity index (χ0n) is 10.5. The molecule has 0 aliphatic carbocycles. The van der Waals surface area contributed by atoms with Gasteiger partial charge in [-0.3, -0.25) is 0 Å². The van der Waals surface area contributed by atoms with E-state index in [1.165, 1.54) is 12.1 Å². The van der Waals surface area contributed by atoms with E-state index < -0.39 is 0 Å². The lowest BCUT2D eigenvalue weighted by molar-refractivity contribution is 0.622. The summed E-state index contributed by atoms with van der Waals surface area (Å²) in [6.07, 6.45) is 0.603. The van der Waals surface area contributed by atoms with Gasteiger partial charge in [-0.25, -0.2) is 4.39 Å². The molecule has 0 saturated heterocycles. The van der Waals surface area contributed by atoms with Crippen molar-refractivity contribution >= 4 is 31.9 Å². The molecular formula is C15H14Br2FN. The van der Waals surface area contributed by atoms with E-state index in [0.717, 1.165) is 25.6 Å². The number of aryl methyl sites for hydroxylation is 1. The van der Waals surface area contributed by atoms with Crippen LogP contribution in [-0.4, -0.2) is 0 Å². The zero-order valence-corrected chi connectivity index (χ0v) is 13.6. The van der Waals surface area contributed by atoms with Crippen LogP contribution in [0.25, 0.3) is 0 Å². The average Bonchev–Trinajstić information content (AvgIpc) is 2.33. The summed E-state index contributed by atoms with van der Waals surface area (Å²) in [4.78, 5) is 0. The van der Waals surface area contributed by atoms with E-state index in [-0.39, 0.29) is 11.9 Å². The maximum Gasteiger partial charge on any atom is 0.123 e. The Hall–Kier alpha value is -0.710. The van der Waals surface area contributed by atoms with Gasteiger partial charge in [-0.1, -0.05) is 44.0 Å². The first-order valence-corrected chi connectivity index (χ1v) is 7.51. The second-order valence-electron chi connectivity index (χ2n) is 4.56. The predicted molar refractivity (Wildman–Crippen MR) is 83.6 cm³/mol. The van der Waals surface area contributed by atoms with Crippen molar-refractivity contribution in [3.63, 3.8) is 0 Å². The summed E-state index contributed by atoms with van der Waals surface area (Å²) in [5, 5.41) is 0. The molecule has 2 aromatic rings. The first kappa shape index (κ1) is 14.7. The molecule has 1 unspecified atom stereocenters. The first-order chi connectivity index (χ1) is 8.97. The van der Waals surface area contributed by atoms with Gasteiger partial charge in [0.25, 0.3) is 0 Å². The summed E-state index contributed by atoms with van der Waals surface area (Å²) in [5.41, 5.74) is 9.29. The summed E-state index contributed by atoms with van der Waals surface area (Å²) in [6, 6.07) is 10.4. The Morgan fingerprint density at radius 2 is 1.89 bits per heavy atom. The number of nitrogens with two attached hydrogens (primary N) is 1. The van der Waals surface area contributed by atoms with Crippen molar-refractivity contribution in [2.24, 2.45) is 5.73 Å². The van der Waals surface area contributed by atoms with Crippen LogP contribution in [-0.2, 0) is 6.42 Å². The van der Waals surface area contributed by atoms with E-state index in [0.29, 0.717) is 6.42 Å². The minimum atomic E-state index is -0.228. The van der Waals surface area contributed by atoms with Crippen LogP contribution in [0.2, 0.25) is 0 Å². The van der Waals surface area contributed by atoms with Gasteiger partial charge in [-0.05, 0) is 54.3 Å². The number of hydrogen-bond acceptors (Lipinski definition) is 1. The van der Waals surface area contributed by atoms with Crippen molar-refractivity contribution in [1.29, 1.82) is 0 Å². The molecule has 0 aromatic heterocycles. The summed E-state index contributed by atoms with van der Waals surface area (Å²) in [7, 11) is 0. The molecule has 0 radical (unpaired) electrons. The van der Waals surface area contributed by atoms with Gasteiger partial charge in [-0.15, -0.1) is 0 Å². The van der Waals surface area contributed by atoms with Gasteiger partial charge in [0, 0.05) is 15.0 Å². The molecule has 0 aliphatic rings. The third-order valence-corrected chi connectivity index (χ3v) is 4.56. The van der Waals surface area contributed by atoms with Crippen LogP contribution in [0.5, 0.6) is 0 Å². The molecular weight excluding hydrogens is 373 g/mol. The highest BCUT2D eigenvalue weighted by Gasteiger charge is 2.13. The second-order valence-corrected chi connectivity index (χ2v) is 6.27. The Morgan fingerprint density at radius 3 is 2.58 bits per heavy atom. The Kier molecular flexibility index (Phi) is 4.76. The maximum absolute atomic E-state index is 13.2. The van der Waals surface area contributed by atoms with Crippen LogP contribution in [0.1, 0.15) is 22.7 Å². The van der Waals surface area contributed by atoms with Gasteiger partial charge in [0.15, 0.2) is 0 Å². The highest BCUT2D eigenvalue weighted by Crippen LogP contribution is 2.30. The standard InChI is InChI=1S/C15H14Br2FN/c1-9-5-14(17)12(8-13(9)16)15(19)7-10-3-2-4-11(18)6-10/h2-6,8,15H,7,19H2,1H3. The molecule has 1 nitrogen and oxygen atoms in total. The Bertz CT molecular complexity index is 599. The largest absolute Gasteiger partial charge is 0.324 e. The van der Waals surface area contributed by atoms with Gasteiger partial charge in [0.1, 0.15) is 5.82 Å². The third-order valence-electron chi connectivity index (χ3n) is 3.02. The topological polar surface area (TPSA) is 26.0 Å². The van der Waals surface area contributed by atoms with Crippen molar-refractivity contribution in [3.8, 4) is 0 Å². The van der Waals surface area contributed by atoms with E-state index in [9.17, 15) is 4.39 Å². The molecule has 0 spiro atoms. The highest BCUT2D eigenvalue weighted by atomic mass is 79.9. The van der Waals surface area contributed by atoms with E-state index >= 15 is 0 Å². The second kappa shape index (κ2) is 6.16. The van der Waals surface area contributed by atoms with E-state index in [1.54, 1.807) is 6.07 Å². The molecule has 2 aromatic carbocycles. The molecule has 4 heteroatoms. The van der Waals surface area contributed by atoms with E-state index in [4.69, 9.17) is 5.73 Å². The monoisotopic (exact) mass is 385 g/mol. The average molecular weight is 387 g/mol. The lowest BCUT2D eigenvalue weighted by Gasteiger charge is -2.15. The van der Waals surface area contributed by atoms with Crippen molar-refractivity contribution in [3.05, 3.63) is 67.9 Å². The van der Waals surface area contributed by atoms with Gasteiger partial charge in [0.05, 0.1) is 0 Å². The van der Waals surface area contributed by atoms with Gasteiger partial charge >= 0.3 is 0 Å². The van der Waals surface area contributed by atoms with E-state index in [1.807, 2.05) is 25.1 Å².